The molecule has 0 aromatic carbocycles. The summed E-state index contributed by atoms with van der Waals surface area (Å²) in [4.78, 5) is 0. The fourth-order valence-corrected chi connectivity index (χ4v) is 3.47. The van der Waals surface area contributed by atoms with Gasteiger partial charge in [0.25, 0.3) is 0 Å². The second-order valence-electron chi connectivity index (χ2n) is 4.70. The molecule has 88 valence electrons. The summed E-state index contributed by atoms with van der Waals surface area (Å²) in [6.45, 7) is 2.16. The number of aliphatic hydroxyl groups is 1. The minimum atomic E-state index is -0.594. The molecular weight excluding hydrogens is 210 g/mol. The maximum Gasteiger partial charge on any atom is 0.0887 e. The predicted molar refractivity (Wildman–Crippen MR) is 63.0 cm³/mol. The Morgan fingerprint density at radius 1 is 1.27 bits per heavy atom. The number of ether oxygens (including phenoxy) is 1. The number of rotatable bonds is 5. The molecule has 0 bridgehead atoms. The fraction of sp³-hybridized carbons (Fsp3) is 1.00. The van der Waals surface area contributed by atoms with Crippen LogP contribution in [0.3, 0.4) is 0 Å². The SMILES string of the molecule is NCC(O)(CSC1CCOCC1)C1CC1. The Kier molecular flexibility index (Phi) is 3.93. The third-order valence-electron chi connectivity index (χ3n) is 3.43. The molecule has 3 nitrogen and oxygen atoms in total. The van der Waals surface area contributed by atoms with Gasteiger partial charge in [0, 0.05) is 30.8 Å². The van der Waals surface area contributed by atoms with E-state index in [-0.39, 0.29) is 0 Å². The zero-order valence-electron chi connectivity index (χ0n) is 9.15. The van der Waals surface area contributed by atoms with Gasteiger partial charge in [0.15, 0.2) is 0 Å². The van der Waals surface area contributed by atoms with Crippen LogP contribution in [0.5, 0.6) is 0 Å². The molecule has 0 aromatic heterocycles. The highest BCUT2D eigenvalue weighted by molar-refractivity contribution is 7.99. The Balaban J connectivity index is 1.74. The summed E-state index contributed by atoms with van der Waals surface area (Å²) in [6.07, 6.45) is 4.55. The van der Waals surface area contributed by atoms with Crippen molar-refractivity contribution >= 4 is 11.8 Å². The van der Waals surface area contributed by atoms with Crippen LogP contribution in [0, 0.1) is 5.92 Å². The number of hydrogen-bond donors (Lipinski definition) is 2. The number of nitrogens with two attached hydrogens (primary N) is 1. The normalized spacial score (nSPS) is 27.6. The quantitative estimate of drug-likeness (QED) is 0.741. The minimum Gasteiger partial charge on any atom is -0.387 e. The molecule has 4 heteroatoms. The largest absolute Gasteiger partial charge is 0.387 e. The van der Waals surface area contributed by atoms with E-state index in [9.17, 15) is 5.11 Å². The summed E-state index contributed by atoms with van der Waals surface area (Å²) in [7, 11) is 0. The Morgan fingerprint density at radius 2 is 1.93 bits per heavy atom. The lowest BCUT2D eigenvalue weighted by molar-refractivity contribution is 0.0504. The van der Waals surface area contributed by atoms with Crippen LogP contribution in [0.4, 0.5) is 0 Å². The maximum atomic E-state index is 10.3. The molecule has 1 saturated heterocycles. The van der Waals surface area contributed by atoms with E-state index in [1.54, 1.807) is 0 Å². The Morgan fingerprint density at radius 3 is 2.47 bits per heavy atom. The van der Waals surface area contributed by atoms with Crippen molar-refractivity contribution in [2.24, 2.45) is 11.7 Å². The molecule has 1 unspecified atom stereocenters. The van der Waals surface area contributed by atoms with Crippen LogP contribution in [0.1, 0.15) is 25.7 Å². The van der Waals surface area contributed by atoms with Crippen LogP contribution in [0.15, 0.2) is 0 Å². The van der Waals surface area contributed by atoms with E-state index >= 15 is 0 Å². The summed E-state index contributed by atoms with van der Waals surface area (Å²) in [5, 5.41) is 11.0. The monoisotopic (exact) mass is 231 g/mol. The first-order valence-electron chi connectivity index (χ1n) is 5.86. The first-order chi connectivity index (χ1) is 7.24. The van der Waals surface area contributed by atoms with Gasteiger partial charge in [-0.25, -0.2) is 0 Å². The molecule has 1 aliphatic heterocycles. The zero-order valence-corrected chi connectivity index (χ0v) is 9.97. The van der Waals surface area contributed by atoms with E-state index in [4.69, 9.17) is 10.5 Å². The predicted octanol–water partition coefficient (Wildman–Crippen LogP) is 0.998. The van der Waals surface area contributed by atoms with Crippen LogP contribution < -0.4 is 5.73 Å². The average Bonchev–Trinajstić information content (AvgIpc) is 3.11. The van der Waals surface area contributed by atoms with Crippen molar-refractivity contribution in [1.82, 2.24) is 0 Å². The van der Waals surface area contributed by atoms with Crippen LogP contribution in [-0.2, 0) is 4.74 Å². The first kappa shape index (κ1) is 11.7. The molecule has 1 saturated carbocycles. The lowest BCUT2D eigenvalue weighted by atomic mass is 10.0. The van der Waals surface area contributed by atoms with Gasteiger partial charge in [0.05, 0.1) is 5.60 Å². The van der Waals surface area contributed by atoms with Crippen LogP contribution in [0.2, 0.25) is 0 Å². The third kappa shape index (κ3) is 3.09. The van der Waals surface area contributed by atoms with Crippen LogP contribution in [-0.4, -0.2) is 41.5 Å². The third-order valence-corrected chi connectivity index (χ3v) is 5.04. The molecule has 0 radical (unpaired) electrons. The van der Waals surface area contributed by atoms with E-state index in [0.29, 0.717) is 17.7 Å². The molecule has 0 aromatic rings. The van der Waals surface area contributed by atoms with Gasteiger partial charge >= 0.3 is 0 Å². The summed E-state index contributed by atoms with van der Waals surface area (Å²) in [5.74, 6) is 1.27. The van der Waals surface area contributed by atoms with Gasteiger partial charge in [0.1, 0.15) is 0 Å². The summed E-state index contributed by atoms with van der Waals surface area (Å²) in [5.41, 5.74) is 5.08. The minimum absolute atomic E-state index is 0.411. The van der Waals surface area contributed by atoms with E-state index in [0.717, 1.165) is 44.6 Å². The smallest absolute Gasteiger partial charge is 0.0887 e. The summed E-state index contributed by atoms with van der Waals surface area (Å²) in [6, 6.07) is 0. The molecule has 15 heavy (non-hydrogen) atoms. The molecule has 0 amide bonds. The number of thioether (sulfide) groups is 1. The van der Waals surface area contributed by atoms with E-state index in [1.165, 1.54) is 0 Å². The van der Waals surface area contributed by atoms with Gasteiger partial charge in [0.2, 0.25) is 0 Å². The van der Waals surface area contributed by atoms with Gasteiger partial charge in [-0.3, -0.25) is 0 Å². The van der Waals surface area contributed by atoms with E-state index < -0.39 is 5.60 Å². The highest BCUT2D eigenvalue weighted by Crippen LogP contribution is 2.41. The second-order valence-corrected chi connectivity index (χ2v) is 5.99. The van der Waals surface area contributed by atoms with E-state index in [2.05, 4.69) is 0 Å². The van der Waals surface area contributed by atoms with Gasteiger partial charge in [-0.1, -0.05) is 0 Å². The van der Waals surface area contributed by atoms with Crippen molar-refractivity contribution in [3.63, 3.8) is 0 Å². The second kappa shape index (κ2) is 5.04. The van der Waals surface area contributed by atoms with Crippen molar-refractivity contribution in [2.75, 3.05) is 25.5 Å². The van der Waals surface area contributed by atoms with Crippen molar-refractivity contribution in [1.29, 1.82) is 0 Å². The van der Waals surface area contributed by atoms with E-state index in [1.807, 2.05) is 11.8 Å². The zero-order chi connectivity index (χ0) is 10.7. The first-order valence-corrected chi connectivity index (χ1v) is 6.91. The van der Waals surface area contributed by atoms with Crippen molar-refractivity contribution < 1.29 is 9.84 Å². The molecule has 2 rings (SSSR count). The molecule has 1 aliphatic carbocycles. The average molecular weight is 231 g/mol. The molecule has 2 fully saturated rings. The topological polar surface area (TPSA) is 55.5 Å². The molecule has 2 aliphatic rings. The highest BCUT2D eigenvalue weighted by Gasteiger charge is 2.42. The van der Waals surface area contributed by atoms with Gasteiger partial charge in [-0.15, -0.1) is 0 Å². The van der Waals surface area contributed by atoms with Crippen LogP contribution >= 0.6 is 11.8 Å². The standard InChI is InChI=1S/C11H21NO2S/c12-7-11(13,9-1-2-9)8-15-10-3-5-14-6-4-10/h9-10,13H,1-8,12H2. The van der Waals surface area contributed by atoms with Gasteiger partial charge in [-0.2, -0.15) is 11.8 Å². The van der Waals surface area contributed by atoms with Crippen molar-refractivity contribution in [2.45, 2.75) is 36.5 Å². The Labute approximate surface area is 95.7 Å². The molecule has 3 N–H and O–H groups in total. The lowest BCUT2D eigenvalue weighted by Crippen LogP contribution is -2.43. The molecule has 1 heterocycles. The Bertz CT molecular complexity index is 205. The maximum absolute atomic E-state index is 10.3. The van der Waals surface area contributed by atoms with Gasteiger partial charge < -0.3 is 15.6 Å². The lowest BCUT2D eigenvalue weighted by Gasteiger charge is -2.29. The van der Waals surface area contributed by atoms with Crippen LogP contribution in [0.25, 0.3) is 0 Å². The highest BCUT2D eigenvalue weighted by atomic mass is 32.2. The Hall–Kier alpha value is 0.230. The number of hydrogen-bond acceptors (Lipinski definition) is 4. The molecule has 1 atom stereocenters. The molecular formula is C11H21NO2S. The summed E-state index contributed by atoms with van der Waals surface area (Å²) < 4.78 is 5.32. The fourth-order valence-electron chi connectivity index (χ4n) is 2.07. The van der Waals surface area contributed by atoms with Gasteiger partial charge in [-0.05, 0) is 31.6 Å². The van der Waals surface area contributed by atoms with Crippen molar-refractivity contribution in [3.05, 3.63) is 0 Å². The van der Waals surface area contributed by atoms with Crippen molar-refractivity contribution in [3.8, 4) is 0 Å². The summed E-state index contributed by atoms with van der Waals surface area (Å²) >= 11 is 1.89. The molecule has 0 spiro atoms.